The highest BCUT2D eigenvalue weighted by Gasteiger charge is 2.30. The Morgan fingerprint density at radius 3 is 2.90 bits per heavy atom. The predicted molar refractivity (Wildman–Crippen MR) is 107 cm³/mol. The fraction of sp³-hybridized carbons (Fsp3) is 0.364. The third-order valence-electron chi connectivity index (χ3n) is 5.07. The number of carbonyl (C=O) groups excluding carboxylic acids is 2. The van der Waals surface area contributed by atoms with Crippen LogP contribution in [0.25, 0.3) is 22.7 Å². The molecule has 0 saturated carbocycles. The van der Waals surface area contributed by atoms with E-state index in [0.29, 0.717) is 47.9 Å². The molecule has 1 amide bonds. The second kappa shape index (κ2) is 8.03. The number of esters is 1. The highest BCUT2D eigenvalue weighted by molar-refractivity contribution is 5.97. The number of fused-ring (bicyclic) bond motifs is 1. The van der Waals surface area contributed by atoms with Crippen LogP contribution >= 0.6 is 0 Å². The van der Waals surface area contributed by atoms with Crippen molar-refractivity contribution in [2.24, 2.45) is 5.92 Å². The number of benzene rings is 1. The van der Waals surface area contributed by atoms with E-state index in [4.69, 9.17) is 9.15 Å². The Balaban J connectivity index is 1.56. The number of pyridine rings is 1. The molecule has 1 aliphatic rings. The van der Waals surface area contributed by atoms with Crippen LogP contribution in [0.15, 0.2) is 40.8 Å². The van der Waals surface area contributed by atoms with Crippen molar-refractivity contribution in [2.45, 2.75) is 26.7 Å². The van der Waals surface area contributed by atoms with Gasteiger partial charge in [0.05, 0.1) is 12.5 Å². The van der Waals surface area contributed by atoms with Crippen LogP contribution in [0.4, 0.5) is 0 Å². The monoisotopic (exact) mass is 393 g/mol. The highest BCUT2D eigenvalue weighted by Crippen LogP contribution is 2.25. The van der Waals surface area contributed by atoms with Crippen LogP contribution in [-0.4, -0.2) is 46.4 Å². The summed E-state index contributed by atoms with van der Waals surface area (Å²) in [4.78, 5) is 35.7. The molecule has 4 rings (SSSR count). The zero-order valence-corrected chi connectivity index (χ0v) is 16.6. The molecule has 29 heavy (non-hydrogen) atoms. The van der Waals surface area contributed by atoms with Gasteiger partial charge in [-0.3, -0.25) is 9.59 Å². The maximum Gasteiger partial charge on any atom is 0.310 e. The summed E-state index contributed by atoms with van der Waals surface area (Å²) in [5.41, 5.74) is 3.25. The maximum atomic E-state index is 13.0. The van der Waals surface area contributed by atoms with Crippen LogP contribution in [0.2, 0.25) is 0 Å². The number of aromatic nitrogens is 2. The first-order valence-corrected chi connectivity index (χ1v) is 9.85. The van der Waals surface area contributed by atoms with Gasteiger partial charge in [-0.05, 0) is 57.0 Å². The van der Waals surface area contributed by atoms with Crippen molar-refractivity contribution in [3.8, 4) is 11.6 Å². The van der Waals surface area contributed by atoms with E-state index in [1.165, 1.54) is 0 Å². The molecular formula is C22H23N3O4. The lowest BCUT2D eigenvalue weighted by atomic mass is 9.97. The molecule has 1 fully saturated rings. The summed E-state index contributed by atoms with van der Waals surface area (Å²) in [7, 11) is 0. The van der Waals surface area contributed by atoms with Gasteiger partial charge in [0.15, 0.2) is 5.58 Å². The van der Waals surface area contributed by atoms with E-state index in [1.54, 1.807) is 30.0 Å². The average Bonchev–Trinajstić information content (AvgIpc) is 3.17. The standard InChI is InChI=1S/C22H23N3O4/c1-3-28-22(27)16-7-5-11-25(13-16)21(26)15-9-10-17-19(12-15)29-20(24-17)18-8-4-6-14(2)23-18/h4,6,8-10,12,16H,3,5,7,11,13H2,1-2H3. The molecular weight excluding hydrogens is 370 g/mol. The van der Waals surface area contributed by atoms with Crippen molar-refractivity contribution >= 4 is 23.0 Å². The van der Waals surface area contributed by atoms with Crippen LogP contribution in [0, 0.1) is 12.8 Å². The summed E-state index contributed by atoms with van der Waals surface area (Å²) in [5, 5.41) is 0. The van der Waals surface area contributed by atoms with E-state index >= 15 is 0 Å². The Kier molecular flexibility index (Phi) is 5.29. The highest BCUT2D eigenvalue weighted by atomic mass is 16.5. The molecule has 3 heterocycles. The quantitative estimate of drug-likeness (QED) is 0.630. The number of hydrogen-bond acceptors (Lipinski definition) is 6. The number of amides is 1. The first-order chi connectivity index (χ1) is 14.0. The molecule has 150 valence electrons. The SMILES string of the molecule is CCOC(=O)C1CCCN(C(=O)c2ccc3nc(-c4cccc(C)n4)oc3c2)C1. The maximum absolute atomic E-state index is 13.0. The van der Waals surface area contributed by atoms with Gasteiger partial charge in [0.2, 0.25) is 5.89 Å². The normalized spacial score (nSPS) is 16.8. The summed E-state index contributed by atoms with van der Waals surface area (Å²) in [5.74, 6) is -0.187. The van der Waals surface area contributed by atoms with Crippen LogP contribution in [0.5, 0.6) is 0 Å². The van der Waals surface area contributed by atoms with E-state index in [-0.39, 0.29) is 17.8 Å². The Morgan fingerprint density at radius 1 is 1.24 bits per heavy atom. The summed E-state index contributed by atoms with van der Waals surface area (Å²) in [6.07, 6.45) is 1.53. The van der Waals surface area contributed by atoms with E-state index in [9.17, 15) is 9.59 Å². The van der Waals surface area contributed by atoms with Crippen LogP contribution < -0.4 is 0 Å². The van der Waals surface area contributed by atoms with Gasteiger partial charge in [0, 0.05) is 24.3 Å². The number of oxazole rings is 1. The molecule has 1 atom stereocenters. The summed E-state index contributed by atoms with van der Waals surface area (Å²) >= 11 is 0. The fourth-order valence-corrected chi connectivity index (χ4v) is 3.63. The summed E-state index contributed by atoms with van der Waals surface area (Å²) in [6, 6.07) is 10.9. The Bertz CT molecular complexity index is 1060. The number of aryl methyl sites for hydroxylation is 1. The lowest BCUT2D eigenvalue weighted by Crippen LogP contribution is -2.42. The van der Waals surface area contributed by atoms with E-state index in [1.807, 2.05) is 25.1 Å². The fourth-order valence-electron chi connectivity index (χ4n) is 3.63. The number of rotatable bonds is 4. The zero-order chi connectivity index (χ0) is 20.4. The molecule has 1 unspecified atom stereocenters. The molecule has 0 spiro atoms. The molecule has 1 saturated heterocycles. The van der Waals surface area contributed by atoms with Crippen molar-refractivity contribution in [3.05, 3.63) is 47.7 Å². The Hall–Kier alpha value is -3.22. The van der Waals surface area contributed by atoms with E-state index in [0.717, 1.165) is 18.5 Å². The van der Waals surface area contributed by atoms with Gasteiger partial charge in [-0.1, -0.05) is 6.07 Å². The van der Waals surface area contributed by atoms with Crippen LogP contribution in [0.1, 0.15) is 35.8 Å². The Morgan fingerprint density at radius 2 is 2.10 bits per heavy atom. The molecule has 2 aromatic heterocycles. The smallest absolute Gasteiger partial charge is 0.310 e. The van der Waals surface area contributed by atoms with Crippen molar-refractivity contribution in [1.82, 2.24) is 14.9 Å². The molecule has 0 radical (unpaired) electrons. The second-order valence-corrected chi connectivity index (χ2v) is 7.21. The molecule has 1 aromatic carbocycles. The number of ether oxygens (including phenoxy) is 1. The van der Waals surface area contributed by atoms with Crippen molar-refractivity contribution in [2.75, 3.05) is 19.7 Å². The minimum Gasteiger partial charge on any atom is -0.466 e. The third-order valence-corrected chi connectivity index (χ3v) is 5.07. The van der Waals surface area contributed by atoms with Gasteiger partial charge in [0.1, 0.15) is 11.2 Å². The second-order valence-electron chi connectivity index (χ2n) is 7.21. The van der Waals surface area contributed by atoms with Crippen molar-refractivity contribution in [3.63, 3.8) is 0 Å². The largest absolute Gasteiger partial charge is 0.466 e. The molecule has 0 bridgehead atoms. The molecule has 7 heteroatoms. The van der Waals surface area contributed by atoms with E-state index in [2.05, 4.69) is 9.97 Å². The van der Waals surface area contributed by atoms with Crippen LogP contribution in [-0.2, 0) is 9.53 Å². The van der Waals surface area contributed by atoms with Crippen molar-refractivity contribution in [1.29, 1.82) is 0 Å². The Labute approximate surface area is 168 Å². The lowest BCUT2D eigenvalue weighted by molar-refractivity contribution is -0.149. The minimum absolute atomic E-state index is 0.118. The van der Waals surface area contributed by atoms with E-state index < -0.39 is 0 Å². The first kappa shape index (κ1) is 19.1. The first-order valence-electron chi connectivity index (χ1n) is 9.85. The third kappa shape index (κ3) is 3.99. The number of likely N-dealkylation sites (tertiary alicyclic amines) is 1. The molecule has 3 aromatic rings. The lowest BCUT2D eigenvalue weighted by Gasteiger charge is -2.31. The minimum atomic E-state index is -0.263. The van der Waals surface area contributed by atoms with Gasteiger partial charge < -0.3 is 14.1 Å². The molecule has 1 aliphatic heterocycles. The van der Waals surface area contributed by atoms with Crippen molar-refractivity contribution < 1.29 is 18.7 Å². The number of nitrogens with zero attached hydrogens (tertiary/aromatic N) is 3. The van der Waals surface area contributed by atoms with Gasteiger partial charge in [-0.15, -0.1) is 0 Å². The number of hydrogen-bond donors (Lipinski definition) is 0. The van der Waals surface area contributed by atoms with Gasteiger partial charge in [0.25, 0.3) is 5.91 Å². The van der Waals surface area contributed by atoms with Crippen LogP contribution in [0.3, 0.4) is 0 Å². The summed E-state index contributed by atoms with van der Waals surface area (Å²) in [6.45, 7) is 5.05. The van der Waals surface area contributed by atoms with Gasteiger partial charge in [-0.25, -0.2) is 9.97 Å². The number of piperidine rings is 1. The predicted octanol–water partition coefficient (Wildman–Crippen LogP) is 3.61. The average molecular weight is 393 g/mol. The zero-order valence-electron chi connectivity index (χ0n) is 16.6. The molecule has 0 aliphatic carbocycles. The van der Waals surface area contributed by atoms with Gasteiger partial charge in [-0.2, -0.15) is 0 Å². The van der Waals surface area contributed by atoms with Gasteiger partial charge >= 0.3 is 5.97 Å². The molecule has 7 nitrogen and oxygen atoms in total. The summed E-state index contributed by atoms with van der Waals surface area (Å²) < 4.78 is 11.0. The molecule has 0 N–H and O–H groups in total. The number of carbonyl (C=O) groups is 2. The topological polar surface area (TPSA) is 85.5 Å².